The molecule has 0 aromatic heterocycles. The van der Waals surface area contributed by atoms with E-state index in [-0.39, 0.29) is 0 Å². The molecule has 0 N–H and O–H groups in total. The lowest BCUT2D eigenvalue weighted by atomic mass is 10.9. The summed E-state index contributed by atoms with van der Waals surface area (Å²) in [5, 5.41) is 0. The van der Waals surface area contributed by atoms with Crippen molar-refractivity contribution in [1.82, 2.24) is 0 Å². The molecule has 0 saturated heterocycles. The van der Waals surface area contributed by atoms with Gasteiger partial charge in [-0.25, -0.2) is 25.2 Å². The summed E-state index contributed by atoms with van der Waals surface area (Å²) in [6.45, 7) is -1.14. The zero-order valence-electron chi connectivity index (χ0n) is 9.32. The molecule has 0 spiro atoms. The van der Waals surface area contributed by atoms with Gasteiger partial charge in [0.2, 0.25) is 0 Å². The monoisotopic (exact) mass is 310 g/mol. The van der Waals surface area contributed by atoms with Crippen LogP contribution in [0, 0.1) is 0 Å². The number of sulfone groups is 2. The largest absolute Gasteiger partial charge is 0.399 e. The molecule has 0 aliphatic carbocycles. The van der Waals surface area contributed by atoms with Gasteiger partial charge in [-0.15, -0.1) is 0 Å². The smallest absolute Gasteiger partial charge is 0.247 e. The number of hydrogen-bond donors (Lipinski definition) is 0. The maximum absolute atomic E-state index is 11.0. The van der Waals surface area contributed by atoms with Crippen LogP contribution in [0.25, 0.3) is 0 Å². The van der Waals surface area contributed by atoms with Crippen LogP contribution in [0.15, 0.2) is 0 Å². The molecule has 0 saturated carbocycles. The zero-order chi connectivity index (χ0) is 13.7. The van der Waals surface area contributed by atoms with Gasteiger partial charge in [-0.05, 0) is 0 Å². The highest BCUT2D eigenvalue weighted by molar-refractivity contribution is 7.91. The summed E-state index contributed by atoms with van der Waals surface area (Å²) in [6, 6.07) is 0. The minimum absolute atomic E-state index is 0.471. The lowest BCUT2D eigenvalue weighted by molar-refractivity contribution is 0.232. The van der Waals surface area contributed by atoms with Crippen molar-refractivity contribution in [2.75, 3.05) is 37.2 Å². The van der Waals surface area contributed by atoms with E-state index in [4.69, 9.17) is 0 Å². The van der Waals surface area contributed by atoms with Gasteiger partial charge in [0.25, 0.3) is 0 Å². The Balaban J connectivity index is 4.06. The standard InChI is InChI=1S/C6H14O8S3/c1-15(7,8)5-3-13-17(11,12)14-4-6-16(2,9)10/h3-6H2,1-2H3. The van der Waals surface area contributed by atoms with Crippen molar-refractivity contribution in [2.45, 2.75) is 0 Å². The summed E-state index contributed by atoms with van der Waals surface area (Å²) in [5.74, 6) is -0.941. The normalized spacial score (nSPS) is 13.8. The van der Waals surface area contributed by atoms with Crippen molar-refractivity contribution in [2.24, 2.45) is 0 Å². The Morgan fingerprint density at radius 3 is 1.24 bits per heavy atom. The lowest BCUT2D eigenvalue weighted by Crippen LogP contribution is -2.19. The number of hydrogen-bond acceptors (Lipinski definition) is 8. The lowest BCUT2D eigenvalue weighted by Gasteiger charge is -2.04. The van der Waals surface area contributed by atoms with Gasteiger partial charge < -0.3 is 0 Å². The summed E-state index contributed by atoms with van der Waals surface area (Å²) in [4.78, 5) is 0. The summed E-state index contributed by atoms with van der Waals surface area (Å²) in [5.41, 5.74) is 0. The Morgan fingerprint density at radius 1 is 0.706 bits per heavy atom. The van der Waals surface area contributed by atoms with Gasteiger partial charge in [-0.2, -0.15) is 8.42 Å². The quantitative estimate of drug-likeness (QED) is 0.523. The second-order valence-electron chi connectivity index (χ2n) is 3.31. The topological polar surface area (TPSA) is 121 Å². The van der Waals surface area contributed by atoms with E-state index < -0.39 is 54.8 Å². The van der Waals surface area contributed by atoms with Crippen LogP contribution in [0.5, 0.6) is 0 Å². The molecule has 0 aromatic carbocycles. The Morgan fingerprint density at radius 2 is 1.00 bits per heavy atom. The van der Waals surface area contributed by atoms with Gasteiger partial charge in [-0.3, -0.25) is 0 Å². The highest BCUT2D eigenvalue weighted by Gasteiger charge is 2.15. The molecule has 0 fully saturated rings. The first-order valence-electron chi connectivity index (χ1n) is 4.30. The molecule has 0 aromatic rings. The van der Waals surface area contributed by atoms with E-state index >= 15 is 0 Å². The van der Waals surface area contributed by atoms with Crippen molar-refractivity contribution in [3.63, 3.8) is 0 Å². The van der Waals surface area contributed by atoms with Crippen LogP contribution < -0.4 is 0 Å². The molecule has 11 heteroatoms. The Bertz CT molecular complexity index is 482. The first-order chi connectivity index (χ1) is 7.41. The first kappa shape index (κ1) is 16.8. The molecule has 0 aliphatic rings. The molecular weight excluding hydrogens is 296 g/mol. The van der Waals surface area contributed by atoms with Crippen LogP contribution in [0.2, 0.25) is 0 Å². The molecular formula is C6H14O8S3. The van der Waals surface area contributed by atoms with Crippen molar-refractivity contribution in [1.29, 1.82) is 0 Å². The highest BCUT2D eigenvalue weighted by Crippen LogP contribution is 1.98. The molecule has 0 aliphatic heterocycles. The van der Waals surface area contributed by atoms with Gasteiger partial charge in [0, 0.05) is 12.5 Å². The second-order valence-corrected chi connectivity index (χ2v) is 9.12. The Labute approximate surface area is 101 Å². The van der Waals surface area contributed by atoms with Crippen LogP contribution in [0.3, 0.4) is 0 Å². The van der Waals surface area contributed by atoms with Crippen molar-refractivity contribution >= 4 is 30.1 Å². The van der Waals surface area contributed by atoms with Gasteiger partial charge in [-0.1, -0.05) is 0 Å². The molecule has 0 radical (unpaired) electrons. The summed E-state index contributed by atoms with van der Waals surface area (Å²) in [7, 11) is -11.0. The average molecular weight is 310 g/mol. The fourth-order valence-corrected chi connectivity index (χ4v) is 2.24. The van der Waals surface area contributed by atoms with Gasteiger partial charge in [0.05, 0.1) is 24.7 Å². The van der Waals surface area contributed by atoms with Gasteiger partial charge in [0.15, 0.2) is 0 Å². The van der Waals surface area contributed by atoms with Crippen molar-refractivity contribution in [3.8, 4) is 0 Å². The Hall–Kier alpha value is -0.230. The zero-order valence-corrected chi connectivity index (χ0v) is 11.8. The maximum atomic E-state index is 11.0. The molecule has 0 rings (SSSR count). The van der Waals surface area contributed by atoms with E-state index in [0.29, 0.717) is 0 Å². The average Bonchev–Trinajstić information content (AvgIpc) is 1.96. The molecule has 8 nitrogen and oxygen atoms in total. The third-order valence-corrected chi connectivity index (χ3v) is 4.09. The van der Waals surface area contributed by atoms with E-state index in [1.54, 1.807) is 0 Å². The van der Waals surface area contributed by atoms with E-state index in [1.807, 2.05) is 0 Å². The fraction of sp³-hybridized carbons (Fsp3) is 1.00. The molecule has 0 unspecified atom stereocenters. The number of rotatable bonds is 8. The Kier molecular flexibility index (Phi) is 6.01. The predicted molar refractivity (Wildman–Crippen MR) is 60.2 cm³/mol. The van der Waals surface area contributed by atoms with Crippen LogP contribution >= 0.6 is 0 Å². The molecule has 0 bridgehead atoms. The molecule has 0 amide bonds. The van der Waals surface area contributed by atoms with Crippen LogP contribution in [0.4, 0.5) is 0 Å². The van der Waals surface area contributed by atoms with E-state index in [1.165, 1.54) is 0 Å². The summed E-state index contributed by atoms with van der Waals surface area (Å²) >= 11 is 0. The summed E-state index contributed by atoms with van der Waals surface area (Å²) < 4.78 is 73.0. The molecule has 0 atom stereocenters. The van der Waals surface area contributed by atoms with Gasteiger partial charge in [0.1, 0.15) is 19.7 Å². The highest BCUT2D eigenvalue weighted by atomic mass is 32.3. The van der Waals surface area contributed by atoms with E-state index in [2.05, 4.69) is 8.37 Å². The first-order valence-corrected chi connectivity index (χ1v) is 9.76. The minimum Gasteiger partial charge on any atom is -0.247 e. The summed E-state index contributed by atoms with van der Waals surface area (Å²) in [6.07, 6.45) is 1.85. The SMILES string of the molecule is CS(=O)(=O)CCOS(=O)(=O)OCCS(C)(=O)=O. The molecule has 0 heterocycles. The third kappa shape index (κ3) is 12.0. The van der Waals surface area contributed by atoms with Crippen molar-refractivity contribution in [3.05, 3.63) is 0 Å². The van der Waals surface area contributed by atoms with Crippen LogP contribution in [0.1, 0.15) is 0 Å². The second kappa shape index (κ2) is 6.09. The molecule has 17 heavy (non-hydrogen) atoms. The maximum Gasteiger partial charge on any atom is 0.399 e. The van der Waals surface area contributed by atoms with Crippen molar-refractivity contribution < 1.29 is 33.6 Å². The predicted octanol–water partition coefficient (Wildman–Crippen LogP) is -1.65. The molecule has 104 valence electrons. The van der Waals surface area contributed by atoms with Gasteiger partial charge >= 0.3 is 10.4 Å². The van der Waals surface area contributed by atoms with Crippen LogP contribution in [-0.2, 0) is 38.4 Å². The minimum atomic E-state index is -4.36. The third-order valence-electron chi connectivity index (χ3n) is 1.36. The van der Waals surface area contributed by atoms with E-state index in [0.717, 1.165) is 12.5 Å². The van der Waals surface area contributed by atoms with E-state index in [9.17, 15) is 25.3 Å². The van der Waals surface area contributed by atoms with Crippen LogP contribution in [-0.4, -0.2) is 62.5 Å². The fourth-order valence-electron chi connectivity index (χ4n) is 0.609.